The van der Waals surface area contributed by atoms with Crippen LogP contribution in [0.3, 0.4) is 0 Å². The van der Waals surface area contributed by atoms with Gasteiger partial charge >= 0.3 is 0 Å². The van der Waals surface area contributed by atoms with Gasteiger partial charge in [-0.05, 0) is 23.8 Å². The topological polar surface area (TPSA) is 193 Å². The Morgan fingerprint density at radius 3 is 2.27 bits per heavy atom. The second kappa shape index (κ2) is 7.96. The van der Waals surface area contributed by atoms with Crippen molar-refractivity contribution in [1.82, 2.24) is 32.2 Å². The Labute approximate surface area is 190 Å². The first-order valence-corrected chi connectivity index (χ1v) is 13.1. The molecule has 14 heteroatoms. The van der Waals surface area contributed by atoms with Gasteiger partial charge in [-0.15, -0.1) is 0 Å². The number of nitrogens with one attached hydrogen (secondary N) is 5. The van der Waals surface area contributed by atoms with Crippen LogP contribution in [0, 0.1) is 0 Å². The van der Waals surface area contributed by atoms with Crippen molar-refractivity contribution in [1.29, 1.82) is 0 Å². The minimum Gasteiger partial charge on any atom is -0.384 e. The predicted molar refractivity (Wildman–Crippen MR) is 122 cm³/mol. The maximum atomic E-state index is 13.3. The molecule has 0 radical (unpaired) electrons. The Hall–Kier alpha value is -2.69. The molecule has 174 valence electrons. The summed E-state index contributed by atoms with van der Waals surface area (Å²) < 4.78 is 52.3. The van der Waals surface area contributed by atoms with Gasteiger partial charge in [-0.2, -0.15) is 11.1 Å². The minimum atomic E-state index is -4.47. The minimum absolute atomic E-state index is 0.139. The third kappa shape index (κ3) is 3.75. The molecule has 0 bridgehead atoms. The highest BCUT2D eigenvalue weighted by Crippen LogP contribution is 2.40. The van der Waals surface area contributed by atoms with Gasteiger partial charge < -0.3 is 11.1 Å². The Balaban J connectivity index is 1.87. The quantitative estimate of drug-likeness (QED) is 0.232. The van der Waals surface area contributed by atoms with Gasteiger partial charge in [0.25, 0.3) is 0 Å². The number of anilines is 1. The molecule has 0 atom stereocenters. The lowest BCUT2D eigenvalue weighted by Gasteiger charge is -2.29. The van der Waals surface area contributed by atoms with E-state index < -0.39 is 36.2 Å². The third-order valence-corrected chi connectivity index (χ3v) is 9.05. The van der Waals surface area contributed by atoms with Crippen LogP contribution in [0.2, 0.25) is 0 Å². The van der Waals surface area contributed by atoms with E-state index in [4.69, 9.17) is 10.9 Å². The van der Waals surface area contributed by atoms with Gasteiger partial charge in [0.1, 0.15) is 16.9 Å². The van der Waals surface area contributed by atoms with E-state index in [9.17, 15) is 16.8 Å². The smallest absolute Gasteiger partial charge is 0.239 e. The lowest BCUT2D eigenvalue weighted by molar-refractivity contribution is 0.491. The number of hydrogen-bond acceptors (Lipinski definition) is 11. The maximum Gasteiger partial charge on any atom is 0.239 e. The fourth-order valence-electron chi connectivity index (χ4n) is 4.06. The molecule has 2 fully saturated rings. The number of para-hydroxylation sites is 1. The van der Waals surface area contributed by atoms with Crippen LogP contribution in [-0.2, 0) is 19.9 Å². The Bertz CT molecular complexity index is 1470. The summed E-state index contributed by atoms with van der Waals surface area (Å²) in [5.74, 6) is 0.292. The van der Waals surface area contributed by atoms with Crippen LogP contribution in [0.25, 0.3) is 22.0 Å². The van der Waals surface area contributed by atoms with E-state index >= 15 is 0 Å². The zero-order chi connectivity index (χ0) is 23.4. The van der Waals surface area contributed by atoms with Crippen molar-refractivity contribution in [2.24, 2.45) is 5.14 Å². The van der Waals surface area contributed by atoms with Gasteiger partial charge in [-0.1, -0.05) is 24.3 Å². The number of sulfone groups is 1. The number of sulfonamides is 1. The molecular weight excluding hydrogens is 468 g/mol. The van der Waals surface area contributed by atoms with Crippen LogP contribution in [0.4, 0.5) is 5.82 Å². The first-order chi connectivity index (χ1) is 15.7. The molecule has 0 unspecified atom stereocenters. The lowest BCUT2D eigenvalue weighted by Crippen LogP contribution is -2.51. The molecule has 0 amide bonds. The molecule has 2 aliphatic rings. The van der Waals surface area contributed by atoms with Crippen LogP contribution in [0.15, 0.2) is 52.3 Å². The van der Waals surface area contributed by atoms with Crippen molar-refractivity contribution < 1.29 is 16.8 Å². The average molecular weight is 491 g/mol. The van der Waals surface area contributed by atoms with Crippen LogP contribution >= 0.6 is 0 Å². The van der Waals surface area contributed by atoms with Crippen LogP contribution in [-0.4, -0.2) is 40.2 Å². The molecule has 2 aliphatic heterocycles. The molecule has 0 aliphatic carbocycles. The number of pyridine rings is 1. The first-order valence-electron chi connectivity index (χ1n) is 9.99. The molecule has 12 nitrogen and oxygen atoms in total. The van der Waals surface area contributed by atoms with Gasteiger partial charge in [0.15, 0.2) is 9.84 Å². The van der Waals surface area contributed by atoms with E-state index in [1.807, 2.05) is 6.07 Å². The van der Waals surface area contributed by atoms with Crippen LogP contribution in [0.1, 0.15) is 11.7 Å². The first kappa shape index (κ1) is 22.1. The summed E-state index contributed by atoms with van der Waals surface area (Å²) in [6.07, 6.45) is -0.834. The van der Waals surface area contributed by atoms with E-state index in [0.717, 1.165) is 5.39 Å². The summed E-state index contributed by atoms with van der Waals surface area (Å²) in [6, 6.07) is 11.8. The highest BCUT2D eigenvalue weighted by Gasteiger charge is 2.39. The Morgan fingerprint density at radius 2 is 1.64 bits per heavy atom. The fourth-order valence-corrected chi connectivity index (χ4v) is 7.30. The zero-order valence-corrected chi connectivity index (χ0v) is 18.8. The SMILES string of the molecule is Nc1ccc2cccc(-c3ccc(S(=O)(=O)C4CNC4)c(S(N)(=O)=O)c3C3NNNN3)c2n1. The monoisotopic (exact) mass is 490 g/mol. The van der Waals surface area contributed by atoms with Crippen molar-refractivity contribution >= 4 is 36.6 Å². The van der Waals surface area contributed by atoms with E-state index in [1.54, 1.807) is 30.3 Å². The predicted octanol–water partition coefficient (Wildman–Crippen LogP) is -1.01. The number of nitrogen functional groups attached to an aromatic ring is 1. The van der Waals surface area contributed by atoms with Crippen molar-refractivity contribution in [2.75, 3.05) is 18.8 Å². The lowest BCUT2D eigenvalue weighted by atomic mass is 9.95. The van der Waals surface area contributed by atoms with E-state index in [0.29, 0.717) is 22.5 Å². The largest absolute Gasteiger partial charge is 0.384 e. The van der Waals surface area contributed by atoms with Crippen LogP contribution < -0.4 is 38.1 Å². The van der Waals surface area contributed by atoms with Crippen molar-refractivity contribution in [3.8, 4) is 11.1 Å². The number of rotatable bonds is 5. The second-order valence-corrected chi connectivity index (χ2v) is 11.5. The Morgan fingerprint density at radius 1 is 0.909 bits per heavy atom. The number of fused-ring (bicyclic) bond motifs is 1. The average Bonchev–Trinajstić information content (AvgIpc) is 3.24. The van der Waals surface area contributed by atoms with E-state index in [-0.39, 0.29) is 23.5 Å². The van der Waals surface area contributed by atoms with Crippen molar-refractivity contribution in [2.45, 2.75) is 21.2 Å². The van der Waals surface area contributed by atoms with Gasteiger partial charge in [0.05, 0.1) is 15.7 Å². The normalized spacial score (nSPS) is 18.0. The summed E-state index contributed by atoms with van der Waals surface area (Å²) >= 11 is 0. The molecule has 1 aromatic heterocycles. The van der Waals surface area contributed by atoms with Gasteiger partial charge in [0, 0.05) is 29.6 Å². The zero-order valence-electron chi connectivity index (χ0n) is 17.2. The van der Waals surface area contributed by atoms with Gasteiger partial charge in [-0.3, -0.25) is 0 Å². The molecule has 2 saturated heterocycles. The molecule has 0 spiro atoms. The number of aromatic nitrogens is 1. The molecule has 3 heterocycles. The fraction of sp³-hybridized carbons (Fsp3) is 0.211. The summed E-state index contributed by atoms with van der Waals surface area (Å²) in [5, 5.41) is 8.57. The van der Waals surface area contributed by atoms with E-state index in [1.165, 1.54) is 6.07 Å². The molecule has 2 aromatic carbocycles. The van der Waals surface area contributed by atoms with Gasteiger partial charge in [-0.25, -0.2) is 37.8 Å². The number of benzene rings is 2. The Kier molecular flexibility index (Phi) is 5.34. The van der Waals surface area contributed by atoms with Gasteiger partial charge in [0.2, 0.25) is 10.0 Å². The van der Waals surface area contributed by atoms with Crippen molar-refractivity contribution in [3.05, 3.63) is 48.0 Å². The number of hydrazine groups is 3. The third-order valence-electron chi connectivity index (χ3n) is 5.75. The summed E-state index contributed by atoms with van der Waals surface area (Å²) in [6.45, 7) is 0.470. The maximum absolute atomic E-state index is 13.3. The highest BCUT2D eigenvalue weighted by atomic mass is 32.2. The number of nitrogens with two attached hydrogens (primary N) is 2. The molecule has 5 rings (SSSR count). The second-order valence-electron chi connectivity index (χ2n) is 7.81. The number of hydrogen-bond donors (Lipinski definition) is 7. The summed E-state index contributed by atoms with van der Waals surface area (Å²) in [7, 11) is -8.44. The summed E-state index contributed by atoms with van der Waals surface area (Å²) in [4.78, 5) is 3.63. The van der Waals surface area contributed by atoms with E-state index in [2.05, 4.69) is 32.2 Å². The summed E-state index contributed by atoms with van der Waals surface area (Å²) in [5.41, 5.74) is 18.6. The highest BCUT2D eigenvalue weighted by molar-refractivity contribution is 7.94. The standard InChI is InChI=1S/C19H22N8O4S2/c20-15-7-4-10-2-1-3-13(17(10)23-15)12-5-6-14(32(28,29)11-8-22-9-11)18(33(21,30)31)16(12)19-24-26-27-25-19/h1-7,11,19,22,24-27H,8-9H2,(H2,20,23)(H2,21,30,31). The van der Waals surface area contributed by atoms with Crippen LogP contribution in [0.5, 0.6) is 0 Å². The molecule has 0 saturated carbocycles. The molecular formula is C19H22N8O4S2. The molecule has 9 N–H and O–H groups in total. The number of nitrogens with zero attached hydrogens (tertiary/aromatic N) is 1. The number of primary sulfonamides is 1. The van der Waals surface area contributed by atoms with Crippen molar-refractivity contribution in [3.63, 3.8) is 0 Å². The molecule has 3 aromatic rings. The molecule has 33 heavy (non-hydrogen) atoms.